The van der Waals surface area contributed by atoms with Crippen molar-refractivity contribution in [2.75, 3.05) is 17.6 Å². The van der Waals surface area contributed by atoms with E-state index >= 15 is 0 Å². The molecule has 2 aromatic rings. The predicted octanol–water partition coefficient (Wildman–Crippen LogP) is 4.19. The van der Waals surface area contributed by atoms with Gasteiger partial charge in [0, 0.05) is 0 Å². The molecule has 3 rings (SSSR count). The first-order valence-corrected chi connectivity index (χ1v) is 11.0. The number of para-hydroxylation sites is 1. The zero-order chi connectivity index (χ0) is 15.0. The number of fused-ring (bicyclic) bond motifs is 1. The number of nitrogens with one attached hydrogen (secondary N) is 1. The summed E-state index contributed by atoms with van der Waals surface area (Å²) in [5.74, 6) is 0.760. The maximum Gasteiger partial charge on any atom is 0.336 e. The summed E-state index contributed by atoms with van der Waals surface area (Å²) in [6.07, 6.45) is 3.74. The van der Waals surface area contributed by atoms with Crippen LogP contribution in [0.5, 0.6) is 0 Å². The molecule has 0 spiro atoms. The number of hydrogen-bond acceptors (Lipinski definition) is 4. The minimum absolute atomic E-state index is 0.760. The molecular formula is C13H15N4OPS2. The van der Waals surface area contributed by atoms with E-state index < -0.39 is 6.65 Å². The highest BCUT2D eigenvalue weighted by Crippen LogP contribution is 2.61. The van der Waals surface area contributed by atoms with Gasteiger partial charge in [0.25, 0.3) is 0 Å². The lowest BCUT2D eigenvalue weighted by atomic mass is 10.2. The van der Waals surface area contributed by atoms with Gasteiger partial charge in [0.1, 0.15) is 10.9 Å². The molecule has 0 saturated heterocycles. The van der Waals surface area contributed by atoms with E-state index in [1.807, 2.05) is 43.5 Å². The summed E-state index contributed by atoms with van der Waals surface area (Å²) in [7, 11) is 0. The normalized spacial score (nSPS) is 20.6. The smallest absolute Gasteiger partial charge is 0.295 e. The molecule has 1 aromatic carbocycles. The monoisotopic (exact) mass is 338 g/mol. The second-order valence-electron chi connectivity index (χ2n) is 4.48. The summed E-state index contributed by atoms with van der Waals surface area (Å²) in [5.41, 5.74) is 2.75. The molecule has 8 heteroatoms. The summed E-state index contributed by atoms with van der Waals surface area (Å²) in [4.78, 5) is 0. The third-order valence-corrected chi connectivity index (χ3v) is 7.46. The summed E-state index contributed by atoms with van der Waals surface area (Å²) in [6.45, 7) is -0.915. The minimum Gasteiger partial charge on any atom is -0.295 e. The topological polar surface area (TPSA) is 59.3 Å². The van der Waals surface area contributed by atoms with E-state index in [4.69, 9.17) is 0 Å². The van der Waals surface area contributed by atoms with Gasteiger partial charge in [0.15, 0.2) is 0 Å². The van der Waals surface area contributed by atoms with E-state index in [2.05, 4.69) is 14.9 Å². The summed E-state index contributed by atoms with van der Waals surface area (Å²) < 4.78 is 18.9. The Labute approximate surface area is 131 Å². The molecule has 1 aliphatic heterocycles. The fourth-order valence-electron chi connectivity index (χ4n) is 2.20. The number of aromatic nitrogens is 2. The molecule has 0 saturated carbocycles. The van der Waals surface area contributed by atoms with Gasteiger partial charge in [-0.3, -0.25) is 9.65 Å². The summed E-state index contributed by atoms with van der Waals surface area (Å²) in [6, 6.07) is 9.83. The maximum atomic E-state index is 12.7. The van der Waals surface area contributed by atoms with Crippen LogP contribution in [0.25, 0.3) is 5.69 Å². The maximum absolute atomic E-state index is 12.7. The van der Waals surface area contributed by atoms with Crippen molar-refractivity contribution in [3.05, 3.63) is 41.6 Å². The van der Waals surface area contributed by atoms with Crippen LogP contribution in [-0.2, 0) is 4.57 Å². The van der Waals surface area contributed by atoms with E-state index in [0.29, 0.717) is 0 Å². The fraction of sp³-hybridized carbons (Fsp3) is 0.231. The lowest BCUT2D eigenvalue weighted by molar-refractivity contribution is 0.588. The van der Waals surface area contributed by atoms with Crippen molar-refractivity contribution in [2.24, 2.45) is 4.76 Å². The van der Waals surface area contributed by atoms with Crippen LogP contribution in [0, 0.1) is 6.92 Å². The van der Waals surface area contributed by atoms with Crippen molar-refractivity contribution in [3.8, 4) is 5.69 Å². The molecule has 0 radical (unpaired) electrons. The van der Waals surface area contributed by atoms with Gasteiger partial charge in [-0.2, -0.15) is 9.86 Å². The van der Waals surface area contributed by atoms with E-state index in [1.54, 1.807) is 10.9 Å². The van der Waals surface area contributed by atoms with Crippen molar-refractivity contribution in [1.29, 1.82) is 0 Å². The number of hydrogen-bond donors (Lipinski definition) is 1. The molecule has 0 fully saturated rings. The number of nitrogens with zero attached hydrogens (tertiary/aromatic N) is 3. The molecule has 1 N–H and O–H groups in total. The first-order chi connectivity index (χ1) is 10.1. The Kier molecular flexibility index (Phi) is 3.90. The molecule has 1 aromatic heterocycles. The van der Waals surface area contributed by atoms with Crippen LogP contribution in [-0.4, -0.2) is 27.3 Å². The third-order valence-electron chi connectivity index (χ3n) is 3.19. The molecule has 1 atom stereocenters. The molecular weight excluding hydrogens is 323 g/mol. The molecule has 1 aliphatic rings. The molecule has 110 valence electrons. The second-order valence-corrected chi connectivity index (χ2v) is 9.69. The van der Waals surface area contributed by atoms with Gasteiger partial charge in [-0.25, -0.2) is 4.68 Å². The highest BCUT2D eigenvalue weighted by Gasteiger charge is 2.33. The molecule has 1 unspecified atom stereocenters. The average Bonchev–Trinajstić information content (AvgIpc) is 2.84. The average molecular weight is 338 g/mol. The molecule has 2 heterocycles. The van der Waals surface area contributed by atoms with Crippen LogP contribution >= 0.6 is 29.8 Å². The van der Waals surface area contributed by atoms with Crippen LogP contribution < -0.4 is 5.09 Å². The number of benzene rings is 1. The van der Waals surface area contributed by atoms with Gasteiger partial charge in [0.05, 0.1) is 16.9 Å². The van der Waals surface area contributed by atoms with E-state index in [-0.39, 0.29) is 0 Å². The van der Waals surface area contributed by atoms with E-state index in [1.165, 1.54) is 23.1 Å². The Bertz CT molecular complexity index is 757. The molecule has 5 nitrogen and oxygen atoms in total. The first kappa shape index (κ1) is 14.8. The van der Waals surface area contributed by atoms with Gasteiger partial charge < -0.3 is 0 Å². The molecule has 0 amide bonds. The van der Waals surface area contributed by atoms with Crippen LogP contribution in [0.2, 0.25) is 0 Å². The highest BCUT2D eigenvalue weighted by molar-refractivity contribution is 8.58. The summed E-state index contributed by atoms with van der Waals surface area (Å²) in [5, 5.41) is 8.46. The van der Waals surface area contributed by atoms with Crippen molar-refractivity contribution in [1.82, 2.24) is 9.78 Å². The van der Waals surface area contributed by atoms with Crippen molar-refractivity contribution < 1.29 is 4.57 Å². The van der Waals surface area contributed by atoms with Gasteiger partial charge in [-0.05, 0) is 31.6 Å². The Morgan fingerprint density at radius 3 is 2.57 bits per heavy atom. The van der Waals surface area contributed by atoms with Crippen LogP contribution in [0.4, 0.5) is 5.82 Å². The lowest BCUT2D eigenvalue weighted by Gasteiger charge is -2.22. The Morgan fingerprint density at radius 2 is 1.95 bits per heavy atom. The van der Waals surface area contributed by atoms with Crippen molar-refractivity contribution in [3.63, 3.8) is 0 Å². The highest BCUT2D eigenvalue weighted by atomic mass is 32.7. The van der Waals surface area contributed by atoms with Crippen LogP contribution in [0.3, 0.4) is 0 Å². The van der Waals surface area contributed by atoms with Crippen LogP contribution in [0.1, 0.15) is 11.3 Å². The van der Waals surface area contributed by atoms with Crippen LogP contribution in [0.15, 0.2) is 35.1 Å². The van der Waals surface area contributed by atoms with E-state index in [0.717, 1.165) is 27.8 Å². The Balaban J connectivity index is 2.23. The largest absolute Gasteiger partial charge is 0.336 e. The molecule has 0 bridgehead atoms. The lowest BCUT2D eigenvalue weighted by Crippen LogP contribution is -2.11. The summed E-state index contributed by atoms with van der Waals surface area (Å²) >= 11 is 2.75. The number of thioether (sulfide) groups is 1. The standard InChI is InChI=1S/C13H15N4OPS2/c1-9-11-12(15-19(18,21-3)16-13(11)20-2)17(14-9)10-7-5-4-6-8-10/h4-8H,1-3H3,(H,15,16,18). The van der Waals surface area contributed by atoms with Gasteiger partial charge in [-0.1, -0.05) is 29.6 Å². The Hall–Kier alpha value is -1.17. The molecule has 0 aliphatic carbocycles. The second kappa shape index (κ2) is 5.55. The Morgan fingerprint density at radius 1 is 1.24 bits per heavy atom. The van der Waals surface area contributed by atoms with Crippen molar-refractivity contribution >= 4 is 40.7 Å². The third kappa shape index (κ3) is 2.54. The van der Waals surface area contributed by atoms with Gasteiger partial charge in [-0.15, -0.1) is 11.8 Å². The molecule has 21 heavy (non-hydrogen) atoms. The van der Waals surface area contributed by atoms with Crippen molar-refractivity contribution in [2.45, 2.75) is 6.92 Å². The number of aryl methyl sites for hydroxylation is 1. The quantitative estimate of drug-likeness (QED) is 0.832. The minimum atomic E-state index is -2.86. The first-order valence-electron chi connectivity index (χ1n) is 6.31. The van der Waals surface area contributed by atoms with E-state index in [9.17, 15) is 4.57 Å². The SMILES string of the molecule is CSC1=NP(=O)(SC)Nc2c1c(C)nn2-c1ccccc1. The zero-order valence-corrected chi connectivity index (χ0v) is 14.4. The fourth-order valence-corrected chi connectivity index (χ4v) is 5.53. The zero-order valence-electron chi connectivity index (χ0n) is 11.9. The predicted molar refractivity (Wildman–Crippen MR) is 93.1 cm³/mol. The van der Waals surface area contributed by atoms with Gasteiger partial charge in [0.2, 0.25) is 0 Å². The number of anilines is 1. The van der Waals surface area contributed by atoms with Gasteiger partial charge >= 0.3 is 6.65 Å². The number of rotatable bonds is 2.